The summed E-state index contributed by atoms with van der Waals surface area (Å²) >= 11 is 0. The first-order chi connectivity index (χ1) is 18.3. The first-order valence-corrected chi connectivity index (χ1v) is 14.1. The molecule has 1 N–H and O–H groups in total. The van der Waals surface area contributed by atoms with E-state index in [4.69, 9.17) is 4.74 Å². The standard InChI is InChI=1S/C28H30F5NO4S/c1-19(20-7-10-23(29)11-8-20)16-34(17-21-5-3-6-25(27(21)30)28(31,32)33)13-4-14-38-24-12-9-22(18-35)26(15-24)39(2,36)37/h3,5-12,15,19,35H,4,13-14,16-18H2,1-2H3. The first-order valence-electron chi connectivity index (χ1n) is 12.2. The van der Waals surface area contributed by atoms with E-state index in [0.29, 0.717) is 25.6 Å². The van der Waals surface area contributed by atoms with Crippen LogP contribution in [0.25, 0.3) is 0 Å². The summed E-state index contributed by atoms with van der Waals surface area (Å²) in [6.07, 6.45) is -3.40. The number of hydrogen-bond donors (Lipinski definition) is 1. The molecule has 1 unspecified atom stereocenters. The summed E-state index contributed by atoms with van der Waals surface area (Å²) in [4.78, 5) is 1.75. The lowest BCUT2D eigenvalue weighted by molar-refractivity contribution is -0.140. The van der Waals surface area contributed by atoms with Crippen LogP contribution in [0.2, 0.25) is 0 Å². The number of rotatable bonds is 12. The summed E-state index contributed by atoms with van der Waals surface area (Å²) in [7, 11) is -3.59. The zero-order valence-corrected chi connectivity index (χ0v) is 22.3. The highest BCUT2D eigenvalue weighted by molar-refractivity contribution is 7.90. The quantitative estimate of drug-likeness (QED) is 0.215. The Labute approximate surface area is 224 Å². The van der Waals surface area contributed by atoms with Gasteiger partial charge in [0.1, 0.15) is 17.4 Å². The summed E-state index contributed by atoms with van der Waals surface area (Å²) in [5.41, 5.74) is -0.370. The molecule has 0 bridgehead atoms. The summed E-state index contributed by atoms with van der Waals surface area (Å²) < 4.78 is 97.5. The highest BCUT2D eigenvalue weighted by Gasteiger charge is 2.35. The second-order valence-electron chi connectivity index (χ2n) is 9.37. The molecule has 0 aliphatic rings. The lowest BCUT2D eigenvalue weighted by atomic mass is 10.00. The molecule has 0 aliphatic heterocycles. The van der Waals surface area contributed by atoms with Crippen molar-refractivity contribution in [3.05, 3.63) is 94.6 Å². The fourth-order valence-corrected chi connectivity index (χ4v) is 5.20. The minimum atomic E-state index is -4.82. The van der Waals surface area contributed by atoms with E-state index < -0.39 is 39.8 Å². The van der Waals surface area contributed by atoms with Gasteiger partial charge in [-0.15, -0.1) is 0 Å². The van der Waals surface area contributed by atoms with Gasteiger partial charge in [0.15, 0.2) is 9.84 Å². The summed E-state index contributed by atoms with van der Waals surface area (Å²) in [5, 5.41) is 9.40. The third-order valence-electron chi connectivity index (χ3n) is 6.24. The van der Waals surface area contributed by atoms with Crippen molar-refractivity contribution in [2.45, 2.75) is 43.5 Å². The normalized spacial score (nSPS) is 13.1. The number of aliphatic hydroxyl groups excluding tert-OH is 1. The molecule has 0 aromatic heterocycles. The number of ether oxygens (including phenoxy) is 1. The van der Waals surface area contributed by atoms with E-state index in [1.807, 2.05) is 6.92 Å². The molecule has 1 atom stereocenters. The maximum Gasteiger partial charge on any atom is 0.419 e. The van der Waals surface area contributed by atoms with Crippen molar-refractivity contribution < 1.29 is 40.2 Å². The van der Waals surface area contributed by atoms with Gasteiger partial charge >= 0.3 is 6.18 Å². The minimum Gasteiger partial charge on any atom is -0.494 e. The Morgan fingerprint density at radius 2 is 1.69 bits per heavy atom. The zero-order valence-electron chi connectivity index (χ0n) is 21.5. The molecular weight excluding hydrogens is 541 g/mol. The summed E-state index contributed by atoms with van der Waals surface area (Å²) in [6.45, 7) is 2.17. The van der Waals surface area contributed by atoms with Crippen LogP contribution in [-0.2, 0) is 29.2 Å². The number of benzene rings is 3. The van der Waals surface area contributed by atoms with Crippen LogP contribution in [0.15, 0.2) is 65.6 Å². The number of nitrogens with zero attached hydrogens (tertiary/aromatic N) is 1. The fourth-order valence-electron chi connectivity index (χ4n) is 4.26. The second-order valence-corrected chi connectivity index (χ2v) is 11.4. The van der Waals surface area contributed by atoms with E-state index >= 15 is 0 Å². The highest BCUT2D eigenvalue weighted by Crippen LogP contribution is 2.33. The Morgan fingerprint density at radius 3 is 2.31 bits per heavy atom. The molecule has 3 rings (SSSR count). The Kier molecular flexibility index (Phi) is 10.1. The van der Waals surface area contributed by atoms with Crippen molar-refractivity contribution in [1.82, 2.24) is 4.90 Å². The van der Waals surface area contributed by atoms with Gasteiger partial charge in [-0.1, -0.05) is 37.3 Å². The van der Waals surface area contributed by atoms with Gasteiger partial charge < -0.3 is 9.84 Å². The van der Waals surface area contributed by atoms with E-state index in [1.54, 1.807) is 17.0 Å². The largest absolute Gasteiger partial charge is 0.494 e. The van der Waals surface area contributed by atoms with Gasteiger partial charge in [-0.05, 0) is 53.8 Å². The number of aliphatic hydroxyl groups is 1. The van der Waals surface area contributed by atoms with Gasteiger partial charge in [0.2, 0.25) is 0 Å². The molecule has 39 heavy (non-hydrogen) atoms. The topological polar surface area (TPSA) is 66.8 Å². The summed E-state index contributed by atoms with van der Waals surface area (Å²) in [6, 6.07) is 13.4. The fraction of sp³-hybridized carbons (Fsp3) is 0.357. The van der Waals surface area contributed by atoms with Crippen LogP contribution in [0.4, 0.5) is 22.0 Å². The van der Waals surface area contributed by atoms with Crippen LogP contribution < -0.4 is 4.74 Å². The van der Waals surface area contributed by atoms with E-state index in [0.717, 1.165) is 11.8 Å². The minimum absolute atomic E-state index is 0.0442. The zero-order chi connectivity index (χ0) is 28.8. The number of hydrogen-bond acceptors (Lipinski definition) is 5. The average Bonchev–Trinajstić information content (AvgIpc) is 2.86. The van der Waals surface area contributed by atoms with Crippen LogP contribution in [0.5, 0.6) is 5.75 Å². The Hall–Kier alpha value is -3.02. The molecule has 0 saturated carbocycles. The van der Waals surface area contributed by atoms with Crippen LogP contribution >= 0.6 is 0 Å². The molecule has 0 radical (unpaired) electrons. The number of halogens is 5. The predicted molar refractivity (Wildman–Crippen MR) is 137 cm³/mol. The van der Waals surface area contributed by atoms with Gasteiger partial charge in [-0.25, -0.2) is 17.2 Å². The second kappa shape index (κ2) is 12.9. The van der Waals surface area contributed by atoms with Crippen molar-refractivity contribution in [3.8, 4) is 5.75 Å². The molecule has 11 heteroatoms. The van der Waals surface area contributed by atoms with Gasteiger partial charge in [-0.3, -0.25) is 4.90 Å². The maximum atomic E-state index is 14.8. The number of sulfone groups is 1. The lowest BCUT2D eigenvalue weighted by Crippen LogP contribution is -2.30. The molecule has 3 aromatic rings. The Morgan fingerprint density at radius 1 is 1.00 bits per heavy atom. The van der Waals surface area contributed by atoms with Gasteiger partial charge in [-0.2, -0.15) is 13.2 Å². The summed E-state index contributed by atoms with van der Waals surface area (Å²) in [5.74, 6) is -1.57. The van der Waals surface area contributed by atoms with Gasteiger partial charge in [0, 0.05) is 31.5 Å². The molecule has 212 valence electrons. The van der Waals surface area contributed by atoms with Gasteiger partial charge in [0.05, 0.1) is 23.7 Å². The molecule has 0 aliphatic carbocycles. The third-order valence-corrected chi connectivity index (χ3v) is 7.42. The molecule has 0 amide bonds. The van der Waals surface area contributed by atoms with Crippen LogP contribution in [0, 0.1) is 11.6 Å². The van der Waals surface area contributed by atoms with E-state index in [-0.39, 0.29) is 40.8 Å². The highest BCUT2D eigenvalue weighted by atomic mass is 32.2. The maximum absolute atomic E-state index is 14.8. The number of alkyl halides is 3. The molecule has 0 heterocycles. The van der Waals surface area contributed by atoms with Crippen molar-refractivity contribution in [2.75, 3.05) is 26.0 Å². The molecule has 0 spiro atoms. The Bertz CT molecular complexity index is 1360. The van der Waals surface area contributed by atoms with E-state index in [1.165, 1.54) is 42.5 Å². The third kappa shape index (κ3) is 8.48. The van der Waals surface area contributed by atoms with Gasteiger partial charge in [0.25, 0.3) is 0 Å². The van der Waals surface area contributed by atoms with E-state index in [9.17, 15) is 35.5 Å². The molecular formula is C28H30F5NO4S. The van der Waals surface area contributed by atoms with Crippen molar-refractivity contribution in [1.29, 1.82) is 0 Å². The van der Waals surface area contributed by atoms with Crippen LogP contribution in [-0.4, -0.2) is 44.4 Å². The van der Waals surface area contributed by atoms with Crippen LogP contribution in [0.3, 0.4) is 0 Å². The van der Waals surface area contributed by atoms with Crippen LogP contribution in [0.1, 0.15) is 41.5 Å². The molecule has 0 saturated heterocycles. The average molecular weight is 572 g/mol. The predicted octanol–water partition coefficient (Wildman–Crippen LogP) is 5.95. The van der Waals surface area contributed by atoms with Crippen molar-refractivity contribution >= 4 is 9.84 Å². The SMILES string of the molecule is CC(CN(CCCOc1ccc(CO)c(S(C)(=O)=O)c1)Cc1cccc(C(F)(F)F)c1F)c1ccc(F)cc1. The van der Waals surface area contributed by atoms with Crippen molar-refractivity contribution in [3.63, 3.8) is 0 Å². The van der Waals surface area contributed by atoms with E-state index in [2.05, 4.69) is 0 Å². The lowest BCUT2D eigenvalue weighted by Gasteiger charge is -2.27. The monoisotopic (exact) mass is 571 g/mol. The first kappa shape index (κ1) is 30.5. The Balaban J connectivity index is 1.74. The molecule has 3 aromatic carbocycles. The smallest absolute Gasteiger partial charge is 0.419 e. The van der Waals surface area contributed by atoms with Crippen molar-refractivity contribution in [2.24, 2.45) is 0 Å². The molecule has 5 nitrogen and oxygen atoms in total. The molecule has 0 fully saturated rings.